The second-order valence-electron chi connectivity index (χ2n) is 4.01. The van der Waals surface area contributed by atoms with Crippen molar-refractivity contribution in [3.05, 3.63) is 35.9 Å². The molecule has 0 saturated heterocycles. The molecule has 1 atom stereocenters. The summed E-state index contributed by atoms with van der Waals surface area (Å²) in [5, 5.41) is 11.1. The number of benzene rings is 1. The first kappa shape index (κ1) is 12.9. The highest BCUT2D eigenvalue weighted by atomic mass is 16.7. The summed E-state index contributed by atoms with van der Waals surface area (Å²) < 4.78 is 10.4. The fourth-order valence-electron chi connectivity index (χ4n) is 1.67. The number of carbonyl (C=O) groups is 2. The van der Waals surface area contributed by atoms with Gasteiger partial charge in [-0.05, 0) is 24.6 Å². The van der Waals surface area contributed by atoms with Crippen LogP contribution >= 0.6 is 0 Å². The molecule has 100 valence electrons. The van der Waals surface area contributed by atoms with Gasteiger partial charge in [-0.15, -0.1) is 0 Å². The van der Waals surface area contributed by atoms with E-state index in [0.717, 1.165) is 17.7 Å². The normalized spacial score (nSPS) is 14.4. The molecule has 2 rings (SSSR count). The summed E-state index contributed by atoms with van der Waals surface area (Å²) in [6.07, 6.45) is 1.77. The van der Waals surface area contributed by atoms with Gasteiger partial charge in [-0.3, -0.25) is 4.79 Å². The van der Waals surface area contributed by atoms with E-state index < -0.39 is 11.9 Å². The average molecular weight is 263 g/mol. The first-order chi connectivity index (χ1) is 9.06. The number of carboxylic acid groups (broad SMARTS) is 1. The van der Waals surface area contributed by atoms with E-state index in [9.17, 15) is 9.59 Å². The van der Waals surface area contributed by atoms with Crippen LogP contribution < -0.4 is 14.8 Å². The van der Waals surface area contributed by atoms with E-state index in [2.05, 4.69) is 5.32 Å². The lowest BCUT2D eigenvalue weighted by Crippen LogP contribution is -2.24. The zero-order valence-electron chi connectivity index (χ0n) is 10.3. The molecule has 19 heavy (non-hydrogen) atoms. The third-order valence-corrected chi connectivity index (χ3v) is 2.63. The van der Waals surface area contributed by atoms with Crippen LogP contribution in [0.15, 0.2) is 30.4 Å². The van der Waals surface area contributed by atoms with E-state index in [1.165, 1.54) is 0 Å². The Morgan fingerprint density at radius 3 is 2.79 bits per heavy atom. The fraction of sp³-hybridized carbons (Fsp3) is 0.231. The molecule has 0 radical (unpaired) electrons. The lowest BCUT2D eigenvalue weighted by Gasteiger charge is -2.13. The predicted molar refractivity (Wildman–Crippen MR) is 65.9 cm³/mol. The maximum atomic E-state index is 11.4. The van der Waals surface area contributed by atoms with E-state index in [1.54, 1.807) is 19.1 Å². The van der Waals surface area contributed by atoms with Gasteiger partial charge in [0.05, 0.1) is 6.04 Å². The van der Waals surface area contributed by atoms with Gasteiger partial charge in [0, 0.05) is 12.2 Å². The zero-order chi connectivity index (χ0) is 13.8. The summed E-state index contributed by atoms with van der Waals surface area (Å²) in [6.45, 7) is 1.99. The van der Waals surface area contributed by atoms with Crippen LogP contribution in [0.25, 0.3) is 0 Å². The minimum Gasteiger partial charge on any atom is -0.478 e. The highest BCUT2D eigenvalue weighted by Gasteiger charge is 2.16. The Bertz CT molecular complexity index is 538. The molecule has 1 aliphatic rings. The van der Waals surface area contributed by atoms with Gasteiger partial charge in [0.15, 0.2) is 11.5 Å². The molecule has 1 unspecified atom stereocenters. The molecule has 0 aromatic heterocycles. The Hall–Kier alpha value is -2.50. The molecular weight excluding hydrogens is 250 g/mol. The smallest absolute Gasteiger partial charge is 0.328 e. The number of amides is 1. The molecule has 0 aliphatic carbocycles. The van der Waals surface area contributed by atoms with E-state index >= 15 is 0 Å². The topological polar surface area (TPSA) is 84.9 Å². The number of carbonyl (C=O) groups excluding carboxylic acids is 1. The largest absolute Gasteiger partial charge is 0.478 e. The summed E-state index contributed by atoms with van der Waals surface area (Å²) in [4.78, 5) is 21.7. The number of carboxylic acids is 1. The number of aliphatic carboxylic acids is 1. The van der Waals surface area contributed by atoms with E-state index in [1.807, 2.05) is 6.07 Å². The standard InChI is InChI=1S/C13H13NO5/c1-8(14-12(15)4-5-13(16)17)9-2-3-10-11(6-9)19-7-18-10/h2-6,8H,7H2,1H3,(H,14,15)(H,16,17). The monoisotopic (exact) mass is 263 g/mol. The number of rotatable bonds is 4. The molecule has 0 bridgehead atoms. The molecule has 6 nitrogen and oxygen atoms in total. The second kappa shape index (κ2) is 5.43. The quantitative estimate of drug-likeness (QED) is 0.798. The molecule has 0 spiro atoms. The average Bonchev–Trinajstić information content (AvgIpc) is 2.83. The van der Waals surface area contributed by atoms with E-state index in [-0.39, 0.29) is 12.8 Å². The van der Waals surface area contributed by atoms with Gasteiger partial charge >= 0.3 is 5.97 Å². The molecule has 1 heterocycles. The SMILES string of the molecule is CC(NC(=O)C=CC(=O)O)c1ccc2c(c1)OCO2. The molecule has 0 fully saturated rings. The Labute approximate surface area is 109 Å². The minimum absolute atomic E-state index is 0.195. The van der Waals surface area contributed by atoms with E-state index in [4.69, 9.17) is 14.6 Å². The van der Waals surface area contributed by atoms with Crippen molar-refractivity contribution in [3.63, 3.8) is 0 Å². The van der Waals surface area contributed by atoms with Gasteiger partial charge in [0.25, 0.3) is 0 Å². The third-order valence-electron chi connectivity index (χ3n) is 2.63. The van der Waals surface area contributed by atoms with Crippen LogP contribution in [-0.4, -0.2) is 23.8 Å². The summed E-state index contributed by atoms with van der Waals surface area (Å²) in [6, 6.07) is 5.11. The lowest BCUT2D eigenvalue weighted by molar-refractivity contribution is -0.131. The van der Waals surface area contributed by atoms with Gasteiger partial charge in [-0.25, -0.2) is 4.79 Å². The van der Waals surface area contributed by atoms with Crippen LogP contribution in [0.3, 0.4) is 0 Å². The minimum atomic E-state index is -1.16. The predicted octanol–water partition coefficient (Wildman–Crippen LogP) is 1.23. The summed E-state index contributed by atoms with van der Waals surface area (Å²) in [5.74, 6) is -0.314. The third kappa shape index (κ3) is 3.25. The Kier molecular flexibility index (Phi) is 3.70. The molecule has 6 heteroatoms. The van der Waals surface area contributed by atoms with E-state index in [0.29, 0.717) is 11.5 Å². The van der Waals surface area contributed by atoms with Crippen molar-refractivity contribution in [1.29, 1.82) is 0 Å². The van der Waals surface area contributed by atoms with Gasteiger partial charge in [-0.1, -0.05) is 6.07 Å². The van der Waals surface area contributed by atoms with Crippen molar-refractivity contribution in [2.24, 2.45) is 0 Å². The van der Waals surface area contributed by atoms with Crippen LogP contribution in [0.4, 0.5) is 0 Å². The number of ether oxygens (including phenoxy) is 2. The van der Waals surface area contributed by atoms with Crippen molar-refractivity contribution < 1.29 is 24.2 Å². The van der Waals surface area contributed by atoms with Crippen molar-refractivity contribution in [1.82, 2.24) is 5.32 Å². The fourth-order valence-corrected chi connectivity index (χ4v) is 1.67. The zero-order valence-corrected chi connectivity index (χ0v) is 10.3. The summed E-state index contributed by atoms with van der Waals surface area (Å²) in [7, 11) is 0. The lowest BCUT2D eigenvalue weighted by atomic mass is 10.1. The molecule has 1 aliphatic heterocycles. The van der Waals surface area contributed by atoms with Gasteiger partial charge in [0.2, 0.25) is 12.7 Å². The van der Waals surface area contributed by atoms with Crippen molar-refractivity contribution in [2.45, 2.75) is 13.0 Å². The highest BCUT2D eigenvalue weighted by molar-refractivity contribution is 5.94. The molecule has 1 aromatic carbocycles. The van der Waals surface area contributed by atoms with Crippen molar-refractivity contribution in [2.75, 3.05) is 6.79 Å². The van der Waals surface area contributed by atoms with Crippen LogP contribution in [0, 0.1) is 0 Å². The molecule has 0 saturated carbocycles. The van der Waals surface area contributed by atoms with Crippen LogP contribution in [-0.2, 0) is 9.59 Å². The van der Waals surface area contributed by atoms with Crippen LogP contribution in [0.2, 0.25) is 0 Å². The number of fused-ring (bicyclic) bond motifs is 1. The highest BCUT2D eigenvalue weighted by Crippen LogP contribution is 2.34. The summed E-state index contributed by atoms with van der Waals surface area (Å²) in [5.41, 5.74) is 0.848. The molecule has 2 N–H and O–H groups in total. The summed E-state index contributed by atoms with van der Waals surface area (Å²) >= 11 is 0. The maximum absolute atomic E-state index is 11.4. The van der Waals surface area contributed by atoms with Crippen molar-refractivity contribution in [3.8, 4) is 11.5 Å². The number of nitrogens with one attached hydrogen (secondary N) is 1. The number of hydrogen-bond acceptors (Lipinski definition) is 4. The van der Waals surface area contributed by atoms with Crippen molar-refractivity contribution >= 4 is 11.9 Å². The maximum Gasteiger partial charge on any atom is 0.328 e. The Morgan fingerprint density at radius 1 is 1.32 bits per heavy atom. The van der Waals surface area contributed by atoms with Crippen LogP contribution in [0.1, 0.15) is 18.5 Å². The molecule has 1 aromatic rings. The number of hydrogen-bond donors (Lipinski definition) is 2. The van der Waals surface area contributed by atoms with Crippen LogP contribution in [0.5, 0.6) is 11.5 Å². The molecule has 1 amide bonds. The van der Waals surface area contributed by atoms with Gasteiger partial charge in [0.1, 0.15) is 0 Å². The Balaban J connectivity index is 2.02. The Morgan fingerprint density at radius 2 is 2.05 bits per heavy atom. The first-order valence-corrected chi connectivity index (χ1v) is 5.67. The molecular formula is C13H13NO5. The second-order valence-corrected chi connectivity index (χ2v) is 4.01. The van der Waals surface area contributed by atoms with Gasteiger partial charge < -0.3 is 19.9 Å². The van der Waals surface area contributed by atoms with Gasteiger partial charge in [-0.2, -0.15) is 0 Å². The first-order valence-electron chi connectivity index (χ1n) is 5.67.